The molecule has 10 nitrogen and oxygen atoms in total. The molecule has 10 heteroatoms. The summed E-state index contributed by atoms with van der Waals surface area (Å²) >= 11 is 0. The fourth-order valence-corrected chi connectivity index (χ4v) is 4.40. The van der Waals surface area contributed by atoms with E-state index in [-0.39, 0.29) is 6.04 Å². The summed E-state index contributed by atoms with van der Waals surface area (Å²) in [6, 6.07) is 4.16. The zero-order valence-electron chi connectivity index (χ0n) is 18.1. The molecule has 0 radical (unpaired) electrons. The molecule has 1 N–H and O–H groups in total. The van der Waals surface area contributed by atoms with E-state index >= 15 is 0 Å². The number of ether oxygens (including phenoxy) is 1. The average Bonchev–Trinajstić information content (AvgIpc) is 3.51. The number of aromatic amines is 1. The minimum Gasteiger partial charge on any atom is -0.377 e. The van der Waals surface area contributed by atoms with Gasteiger partial charge in [-0.1, -0.05) is 0 Å². The number of aryl methyl sites for hydroxylation is 2. The molecular formula is C22H23N9O. The maximum atomic E-state index is 5.67. The molecule has 0 aromatic carbocycles. The molecule has 0 unspecified atom stereocenters. The van der Waals surface area contributed by atoms with Crippen molar-refractivity contribution in [3.05, 3.63) is 42.6 Å². The third-order valence-corrected chi connectivity index (χ3v) is 5.96. The van der Waals surface area contributed by atoms with E-state index < -0.39 is 0 Å². The highest BCUT2D eigenvalue weighted by Crippen LogP contribution is 2.33. The molecule has 6 heterocycles. The van der Waals surface area contributed by atoms with E-state index in [1.54, 1.807) is 10.9 Å². The molecule has 1 atom stereocenters. The van der Waals surface area contributed by atoms with Crippen LogP contribution < -0.4 is 4.90 Å². The fraction of sp³-hybridized carbons (Fsp3) is 0.318. The molecule has 5 aromatic heterocycles. The predicted octanol–water partition coefficient (Wildman–Crippen LogP) is 2.63. The lowest BCUT2D eigenvalue weighted by Crippen LogP contribution is -2.44. The standard InChI is InChI=1S/C22H23N9O/c1-13-12-32-9-8-30(13)21-17-10-25-31(18-11-29(3)28-14(18)2)22(17)27-20(26-21)16-5-7-24-19-15(16)4-6-23-19/h4-7,10-11,13H,8-9,12H2,1-3H3,(H,23,24)/t13-/m1/s1. The number of rotatable bonds is 3. The highest BCUT2D eigenvalue weighted by molar-refractivity contribution is 5.95. The Kier molecular flexibility index (Phi) is 4.22. The first-order chi connectivity index (χ1) is 15.6. The summed E-state index contributed by atoms with van der Waals surface area (Å²) < 4.78 is 9.31. The Morgan fingerprint density at radius 2 is 2.09 bits per heavy atom. The topological polar surface area (TPSA) is 103 Å². The van der Waals surface area contributed by atoms with Crippen molar-refractivity contribution in [1.82, 2.24) is 39.5 Å². The van der Waals surface area contributed by atoms with Gasteiger partial charge in [-0.15, -0.1) is 0 Å². The summed E-state index contributed by atoms with van der Waals surface area (Å²) in [7, 11) is 1.91. The maximum Gasteiger partial charge on any atom is 0.169 e. The van der Waals surface area contributed by atoms with Crippen LogP contribution in [0.1, 0.15) is 12.6 Å². The number of anilines is 1. The van der Waals surface area contributed by atoms with Crippen LogP contribution >= 0.6 is 0 Å². The van der Waals surface area contributed by atoms with Crippen molar-refractivity contribution < 1.29 is 4.74 Å². The zero-order chi connectivity index (χ0) is 21.8. The summed E-state index contributed by atoms with van der Waals surface area (Å²) in [6.45, 7) is 6.22. The van der Waals surface area contributed by atoms with E-state index in [0.717, 1.165) is 51.4 Å². The van der Waals surface area contributed by atoms with Gasteiger partial charge in [0.05, 0.1) is 42.7 Å². The third kappa shape index (κ3) is 2.87. The molecule has 1 saturated heterocycles. The first kappa shape index (κ1) is 18.9. The second-order valence-electron chi connectivity index (χ2n) is 8.15. The number of nitrogens with one attached hydrogen (secondary N) is 1. The molecule has 0 spiro atoms. The summed E-state index contributed by atoms with van der Waals surface area (Å²) in [5, 5.41) is 11.1. The van der Waals surface area contributed by atoms with Crippen LogP contribution in [-0.2, 0) is 11.8 Å². The van der Waals surface area contributed by atoms with Crippen molar-refractivity contribution in [3.63, 3.8) is 0 Å². The number of aromatic nitrogens is 8. The van der Waals surface area contributed by atoms with E-state index in [9.17, 15) is 0 Å². The van der Waals surface area contributed by atoms with Gasteiger partial charge in [-0.2, -0.15) is 10.2 Å². The lowest BCUT2D eigenvalue weighted by atomic mass is 10.1. The Bertz CT molecular complexity index is 1450. The monoisotopic (exact) mass is 429 g/mol. The molecule has 1 aliphatic rings. The Hall–Kier alpha value is -3.79. The van der Waals surface area contributed by atoms with Gasteiger partial charge in [0.1, 0.15) is 17.2 Å². The quantitative estimate of drug-likeness (QED) is 0.470. The zero-order valence-corrected chi connectivity index (χ0v) is 18.1. The van der Waals surface area contributed by atoms with Crippen LogP contribution in [0.4, 0.5) is 5.82 Å². The molecule has 162 valence electrons. The van der Waals surface area contributed by atoms with Gasteiger partial charge in [0.15, 0.2) is 11.5 Å². The van der Waals surface area contributed by atoms with Crippen molar-refractivity contribution in [2.45, 2.75) is 19.9 Å². The van der Waals surface area contributed by atoms with E-state index in [0.29, 0.717) is 19.0 Å². The normalized spacial score (nSPS) is 17.0. The molecular weight excluding hydrogens is 406 g/mol. The summed E-state index contributed by atoms with van der Waals surface area (Å²) in [5.74, 6) is 1.51. The largest absolute Gasteiger partial charge is 0.377 e. The lowest BCUT2D eigenvalue weighted by Gasteiger charge is -2.34. The van der Waals surface area contributed by atoms with Crippen molar-refractivity contribution in [1.29, 1.82) is 0 Å². The van der Waals surface area contributed by atoms with Gasteiger partial charge in [-0.05, 0) is 26.0 Å². The van der Waals surface area contributed by atoms with Gasteiger partial charge in [0.25, 0.3) is 0 Å². The summed E-state index contributed by atoms with van der Waals surface area (Å²) in [6.07, 6.45) is 7.47. The highest BCUT2D eigenvalue weighted by atomic mass is 16.5. The highest BCUT2D eigenvalue weighted by Gasteiger charge is 2.26. The lowest BCUT2D eigenvalue weighted by molar-refractivity contribution is 0.0987. The Morgan fingerprint density at radius 3 is 2.91 bits per heavy atom. The van der Waals surface area contributed by atoms with E-state index in [1.807, 2.05) is 49.4 Å². The average molecular weight is 429 g/mol. The maximum absolute atomic E-state index is 5.67. The van der Waals surface area contributed by atoms with Gasteiger partial charge >= 0.3 is 0 Å². The van der Waals surface area contributed by atoms with Crippen LogP contribution in [0, 0.1) is 6.92 Å². The Labute approximate surface area is 183 Å². The molecule has 6 rings (SSSR count). The van der Waals surface area contributed by atoms with Gasteiger partial charge in [-0.25, -0.2) is 19.6 Å². The Balaban J connectivity index is 1.64. The molecule has 0 bridgehead atoms. The summed E-state index contributed by atoms with van der Waals surface area (Å²) in [4.78, 5) is 19.9. The number of fused-ring (bicyclic) bond motifs is 2. The molecule has 32 heavy (non-hydrogen) atoms. The van der Waals surface area contributed by atoms with Crippen LogP contribution in [0.15, 0.2) is 36.9 Å². The first-order valence-electron chi connectivity index (χ1n) is 10.6. The number of morpholine rings is 1. The second kappa shape index (κ2) is 7.13. The number of H-pyrrole nitrogens is 1. The number of hydrogen-bond donors (Lipinski definition) is 1. The van der Waals surface area contributed by atoms with E-state index in [1.165, 1.54) is 0 Å². The SMILES string of the molecule is Cc1nn(C)cc1-n1ncc2c(N3CCOC[C@H]3C)nc(-c3ccnc4[nH]ccc34)nc21. The first-order valence-corrected chi connectivity index (χ1v) is 10.6. The molecule has 5 aromatic rings. The summed E-state index contributed by atoms with van der Waals surface area (Å²) in [5.41, 5.74) is 4.27. The molecule has 1 aliphatic heterocycles. The van der Waals surface area contributed by atoms with Gasteiger partial charge < -0.3 is 14.6 Å². The van der Waals surface area contributed by atoms with Crippen molar-refractivity contribution in [2.24, 2.45) is 7.05 Å². The molecule has 0 saturated carbocycles. The smallest absolute Gasteiger partial charge is 0.169 e. The second-order valence-corrected chi connectivity index (χ2v) is 8.15. The molecule has 1 fully saturated rings. The molecule has 0 amide bonds. The number of hydrogen-bond acceptors (Lipinski definition) is 7. The van der Waals surface area contributed by atoms with Crippen LogP contribution in [-0.4, -0.2) is 65.3 Å². The Morgan fingerprint density at radius 1 is 1.19 bits per heavy atom. The fourth-order valence-electron chi connectivity index (χ4n) is 4.40. The number of pyridine rings is 1. The minimum atomic E-state index is 0.197. The van der Waals surface area contributed by atoms with Crippen molar-refractivity contribution in [3.8, 4) is 17.1 Å². The van der Waals surface area contributed by atoms with Gasteiger partial charge in [0, 0.05) is 36.9 Å². The van der Waals surface area contributed by atoms with Crippen LogP contribution in [0.2, 0.25) is 0 Å². The van der Waals surface area contributed by atoms with Gasteiger partial charge in [-0.3, -0.25) is 4.68 Å². The van der Waals surface area contributed by atoms with Crippen molar-refractivity contribution in [2.75, 3.05) is 24.7 Å². The van der Waals surface area contributed by atoms with E-state index in [4.69, 9.17) is 19.8 Å². The predicted molar refractivity (Wildman–Crippen MR) is 121 cm³/mol. The third-order valence-electron chi connectivity index (χ3n) is 5.96. The minimum absolute atomic E-state index is 0.197. The van der Waals surface area contributed by atoms with E-state index in [2.05, 4.69) is 26.9 Å². The number of nitrogens with zero attached hydrogens (tertiary/aromatic N) is 8. The van der Waals surface area contributed by atoms with Gasteiger partial charge in [0.2, 0.25) is 0 Å². The van der Waals surface area contributed by atoms with Crippen LogP contribution in [0.5, 0.6) is 0 Å². The van der Waals surface area contributed by atoms with Crippen LogP contribution in [0.25, 0.3) is 39.1 Å². The molecule has 0 aliphatic carbocycles. The van der Waals surface area contributed by atoms with Crippen LogP contribution in [0.3, 0.4) is 0 Å². The van der Waals surface area contributed by atoms with Crippen molar-refractivity contribution >= 4 is 27.9 Å².